The molecule has 3 heteroatoms. The zero-order valence-electron chi connectivity index (χ0n) is 8.31. The van der Waals surface area contributed by atoms with Crippen LogP contribution in [0.2, 0.25) is 5.02 Å². The molecule has 14 heavy (non-hydrogen) atoms. The summed E-state index contributed by atoms with van der Waals surface area (Å²) in [6.07, 6.45) is 0.991. The molecule has 0 radical (unpaired) electrons. The fourth-order valence-corrected chi connectivity index (χ4v) is 1.12. The number of halogens is 1. The fraction of sp³-hybridized carbons (Fsp3) is 0.364. The average molecular weight is 212 g/mol. The van der Waals surface area contributed by atoms with Crippen molar-refractivity contribution < 1.29 is 5.11 Å². The van der Waals surface area contributed by atoms with Crippen LogP contribution in [0.15, 0.2) is 29.3 Å². The third kappa shape index (κ3) is 3.48. The van der Waals surface area contributed by atoms with Gasteiger partial charge >= 0.3 is 0 Å². The molecule has 2 nitrogen and oxygen atoms in total. The van der Waals surface area contributed by atoms with Crippen LogP contribution < -0.4 is 0 Å². The highest BCUT2D eigenvalue weighted by Gasteiger charge is 2.04. The number of hydrogen-bond acceptors (Lipinski definition) is 2. The second kappa shape index (κ2) is 5.13. The number of rotatable bonds is 3. The molecule has 0 spiro atoms. The maximum atomic E-state index is 9.43. The first kappa shape index (κ1) is 11.2. The lowest BCUT2D eigenvalue weighted by Gasteiger charge is -2.07. The van der Waals surface area contributed by atoms with E-state index in [1.807, 2.05) is 26.0 Å². The lowest BCUT2D eigenvalue weighted by atomic mass is 10.2. The molecular weight excluding hydrogens is 198 g/mol. The molecule has 0 amide bonds. The smallest absolute Gasteiger partial charge is 0.147 e. The molecule has 0 aliphatic rings. The van der Waals surface area contributed by atoms with Crippen molar-refractivity contribution in [3.05, 3.63) is 34.9 Å². The number of aliphatic imine (C=N–C) groups is 1. The van der Waals surface area contributed by atoms with E-state index in [2.05, 4.69) is 4.99 Å². The maximum absolute atomic E-state index is 9.43. The molecule has 1 unspecified atom stereocenters. The first-order chi connectivity index (χ1) is 6.59. The second-order valence-corrected chi connectivity index (χ2v) is 3.93. The van der Waals surface area contributed by atoms with Gasteiger partial charge in [0.1, 0.15) is 6.23 Å². The van der Waals surface area contributed by atoms with Gasteiger partial charge in [0.05, 0.1) is 0 Å². The summed E-state index contributed by atoms with van der Waals surface area (Å²) < 4.78 is 0. The zero-order valence-corrected chi connectivity index (χ0v) is 9.07. The molecule has 1 aromatic rings. The largest absolute Gasteiger partial charge is 0.372 e. The molecule has 0 saturated heterocycles. The predicted molar refractivity (Wildman–Crippen MR) is 59.9 cm³/mol. The lowest BCUT2D eigenvalue weighted by molar-refractivity contribution is 0.135. The van der Waals surface area contributed by atoms with E-state index in [9.17, 15) is 5.11 Å². The number of aliphatic hydroxyl groups excluding tert-OH is 1. The maximum Gasteiger partial charge on any atom is 0.147 e. The van der Waals surface area contributed by atoms with Crippen molar-refractivity contribution in [2.75, 3.05) is 0 Å². The number of benzene rings is 1. The Kier molecular flexibility index (Phi) is 4.11. The molecule has 1 atom stereocenters. The van der Waals surface area contributed by atoms with Gasteiger partial charge in [-0.25, -0.2) is 0 Å². The molecule has 1 N–H and O–H groups in total. The highest BCUT2D eigenvalue weighted by Crippen LogP contribution is 2.09. The van der Waals surface area contributed by atoms with E-state index in [0.29, 0.717) is 5.02 Å². The van der Waals surface area contributed by atoms with Crippen LogP contribution in [0.4, 0.5) is 0 Å². The summed E-state index contributed by atoms with van der Waals surface area (Å²) in [5.74, 6) is 0.130. The van der Waals surface area contributed by atoms with Gasteiger partial charge in [0.2, 0.25) is 0 Å². The summed E-state index contributed by atoms with van der Waals surface area (Å²) in [5, 5.41) is 10.1. The Morgan fingerprint density at radius 2 is 2.14 bits per heavy atom. The molecular formula is C11H14ClNO. The molecule has 76 valence electrons. The second-order valence-electron chi connectivity index (χ2n) is 3.49. The molecule has 0 fully saturated rings. The summed E-state index contributed by atoms with van der Waals surface area (Å²) in [6.45, 7) is 3.83. The van der Waals surface area contributed by atoms with Crippen LogP contribution in [-0.4, -0.2) is 17.5 Å². The van der Waals surface area contributed by atoms with E-state index < -0.39 is 6.23 Å². The van der Waals surface area contributed by atoms with Crippen molar-refractivity contribution in [1.82, 2.24) is 0 Å². The van der Waals surface area contributed by atoms with Gasteiger partial charge in [0.15, 0.2) is 0 Å². The van der Waals surface area contributed by atoms with Gasteiger partial charge in [-0.05, 0) is 23.6 Å². The minimum Gasteiger partial charge on any atom is -0.372 e. The Hall–Kier alpha value is -0.860. The number of nitrogens with zero attached hydrogens (tertiary/aromatic N) is 1. The van der Waals surface area contributed by atoms with Crippen molar-refractivity contribution in [2.45, 2.75) is 20.1 Å². The first-order valence-corrected chi connectivity index (χ1v) is 4.94. The Morgan fingerprint density at radius 1 is 1.43 bits per heavy atom. The van der Waals surface area contributed by atoms with Crippen LogP contribution >= 0.6 is 11.6 Å². The van der Waals surface area contributed by atoms with Crippen LogP contribution in [0.1, 0.15) is 19.4 Å². The van der Waals surface area contributed by atoms with Gasteiger partial charge in [-0.2, -0.15) is 0 Å². The highest BCUT2D eigenvalue weighted by atomic mass is 35.5. The Balaban J connectivity index is 2.69. The minimum absolute atomic E-state index is 0.130. The van der Waals surface area contributed by atoms with Crippen LogP contribution in [0.3, 0.4) is 0 Å². The normalized spacial score (nSPS) is 13.8. The fourth-order valence-electron chi connectivity index (χ4n) is 0.921. The van der Waals surface area contributed by atoms with Crippen molar-refractivity contribution in [1.29, 1.82) is 0 Å². The van der Waals surface area contributed by atoms with E-state index in [1.54, 1.807) is 18.3 Å². The first-order valence-electron chi connectivity index (χ1n) is 4.56. The van der Waals surface area contributed by atoms with Gasteiger partial charge in [0, 0.05) is 11.2 Å². The van der Waals surface area contributed by atoms with Crippen LogP contribution in [-0.2, 0) is 0 Å². The highest BCUT2D eigenvalue weighted by molar-refractivity contribution is 6.30. The summed E-state index contributed by atoms with van der Waals surface area (Å²) in [5.41, 5.74) is 0.900. The summed E-state index contributed by atoms with van der Waals surface area (Å²) in [6, 6.07) is 7.35. The van der Waals surface area contributed by atoms with Crippen LogP contribution in [0.5, 0.6) is 0 Å². The molecule has 1 rings (SSSR count). The molecule has 0 heterocycles. The SMILES string of the molecule is CC(C)C(O)N=Cc1cccc(Cl)c1. The third-order valence-corrected chi connectivity index (χ3v) is 2.06. The molecule has 0 aliphatic heterocycles. The van der Waals surface area contributed by atoms with Gasteiger partial charge in [-0.3, -0.25) is 4.99 Å². The third-order valence-electron chi connectivity index (χ3n) is 1.82. The molecule has 0 bridgehead atoms. The lowest BCUT2D eigenvalue weighted by Crippen LogP contribution is -2.11. The van der Waals surface area contributed by atoms with E-state index in [4.69, 9.17) is 11.6 Å². The average Bonchev–Trinajstić information content (AvgIpc) is 2.14. The zero-order chi connectivity index (χ0) is 10.6. The van der Waals surface area contributed by atoms with Crippen LogP contribution in [0.25, 0.3) is 0 Å². The minimum atomic E-state index is -0.644. The standard InChI is InChI=1S/C11H14ClNO/c1-8(2)11(14)13-7-9-4-3-5-10(12)6-9/h3-8,11,14H,1-2H3. The predicted octanol–water partition coefficient (Wildman–Crippen LogP) is 2.73. The van der Waals surface area contributed by atoms with Gasteiger partial charge in [-0.15, -0.1) is 0 Å². The molecule has 0 saturated carbocycles. The van der Waals surface area contributed by atoms with Gasteiger partial charge < -0.3 is 5.11 Å². The van der Waals surface area contributed by atoms with Crippen molar-refractivity contribution in [3.8, 4) is 0 Å². The summed E-state index contributed by atoms with van der Waals surface area (Å²) in [7, 11) is 0. The van der Waals surface area contributed by atoms with E-state index in [1.165, 1.54) is 0 Å². The van der Waals surface area contributed by atoms with Crippen LogP contribution in [0, 0.1) is 5.92 Å². The van der Waals surface area contributed by atoms with E-state index in [0.717, 1.165) is 5.56 Å². The molecule has 1 aromatic carbocycles. The van der Waals surface area contributed by atoms with Gasteiger partial charge in [-0.1, -0.05) is 37.6 Å². The van der Waals surface area contributed by atoms with Crippen molar-refractivity contribution in [3.63, 3.8) is 0 Å². The molecule has 0 aromatic heterocycles. The Bertz CT molecular complexity index is 323. The Morgan fingerprint density at radius 3 is 2.71 bits per heavy atom. The van der Waals surface area contributed by atoms with Crippen molar-refractivity contribution in [2.24, 2.45) is 10.9 Å². The van der Waals surface area contributed by atoms with Crippen molar-refractivity contribution >= 4 is 17.8 Å². The Labute approximate surface area is 89.2 Å². The monoisotopic (exact) mass is 211 g/mol. The summed E-state index contributed by atoms with van der Waals surface area (Å²) >= 11 is 5.80. The van der Waals surface area contributed by atoms with E-state index >= 15 is 0 Å². The quantitative estimate of drug-likeness (QED) is 0.767. The van der Waals surface area contributed by atoms with Gasteiger partial charge in [0.25, 0.3) is 0 Å². The van der Waals surface area contributed by atoms with E-state index in [-0.39, 0.29) is 5.92 Å². The summed E-state index contributed by atoms with van der Waals surface area (Å²) in [4.78, 5) is 4.01. The number of hydrogen-bond donors (Lipinski definition) is 1. The number of aliphatic hydroxyl groups is 1. The molecule has 0 aliphatic carbocycles. The topological polar surface area (TPSA) is 32.6 Å².